The van der Waals surface area contributed by atoms with Gasteiger partial charge in [0.25, 0.3) is 5.91 Å². The Labute approximate surface area is 152 Å². The molecule has 0 atom stereocenters. The van der Waals surface area contributed by atoms with Crippen molar-refractivity contribution >= 4 is 33.2 Å². The Bertz CT molecular complexity index is 836. The third-order valence-electron chi connectivity index (χ3n) is 3.40. The molecule has 2 rings (SSSR count). The van der Waals surface area contributed by atoms with Crippen molar-refractivity contribution in [2.45, 2.75) is 4.90 Å². The van der Waals surface area contributed by atoms with Crippen molar-refractivity contribution in [2.75, 3.05) is 32.5 Å². The highest BCUT2D eigenvalue weighted by Crippen LogP contribution is 2.21. The molecule has 25 heavy (non-hydrogen) atoms. The first-order chi connectivity index (χ1) is 11.8. The van der Waals surface area contributed by atoms with E-state index < -0.39 is 10.0 Å². The van der Waals surface area contributed by atoms with E-state index in [1.54, 1.807) is 24.3 Å². The quantitative estimate of drug-likeness (QED) is 0.772. The first-order valence-electron chi connectivity index (χ1n) is 7.60. The molecular weight excluding hydrogens is 362 g/mol. The summed E-state index contributed by atoms with van der Waals surface area (Å²) < 4.78 is 26.9. The topological polar surface area (TPSA) is 78.5 Å². The molecule has 1 amide bonds. The lowest BCUT2D eigenvalue weighted by atomic mass is 10.2. The monoisotopic (exact) mass is 381 g/mol. The minimum absolute atomic E-state index is 0.112. The Morgan fingerprint density at radius 1 is 1.08 bits per heavy atom. The van der Waals surface area contributed by atoms with E-state index in [1.165, 1.54) is 24.3 Å². The van der Waals surface area contributed by atoms with Gasteiger partial charge in [0, 0.05) is 18.7 Å². The molecule has 0 saturated carbocycles. The second-order valence-corrected chi connectivity index (χ2v) is 7.83. The average Bonchev–Trinajstić information content (AvgIpc) is 2.56. The molecule has 0 fully saturated rings. The molecule has 2 aromatic carbocycles. The molecular formula is C17H20ClN3O3S. The molecule has 0 saturated heterocycles. The molecule has 6 nitrogen and oxygen atoms in total. The lowest BCUT2D eigenvalue weighted by molar-refractivity contribution is 0.102. The molecule has 0 aliphatic heterocycles. The van der Waals surface area contributed by atoms with Gasteiger partial charge in [-0.1, -0.05) is 23.7 Å². The van der Waals surface area contributed by atoms with Gasteiger partial charge in [-0.15, -0.1) is 0 Å². The van der Waals surface area contributed by atoms with Gasteiger partial charge in [0.15, 0.2) is 0 Å². The molecule has 134 valence electrons. The SMILES string of the molecule is CN(C)CCNS(=O)(=O)c1ccc(C(=O)Nc2ccccc2Cl)cc1. The standard InChI is InChI=1S/C17H20ClN3O3S/c1-21(2)12-11-19-25(23,24)14-9-7-13(8-10-14)17(22)20-16-6-4-3-5-15(16)18/h3-10,19H,11-12H2,1-2H3,(H,20,22). The number of hydrogen-bond donors (Lipinski definition) is 2. The summed E-state index contributed by atoms with van der Waals surface area (Å²) in [6.07, 6.45) is 0. The van der Waals surface area contributed by atoms with Crippen LogP contribution in [-0.2, 0) is 10.0 Å². The van der Waals surface area contributed by atoms with Crippen molar-refractivity contribution in [3.63, 3.8) is 0 Å². The maximum Gasteiger partial charge on any atom is 0.255 e. The highest BCUT2D eigenvalue weighted by atomic mass is 35.5. The van der Waals surface area contributed by atoms with E-state index in [2.05, 4.69) is 10.0 Å². The number of carbonyl (C=O) groups is 1. The summed E-state index contributed by atoms with van der Waals surface area (Å²) in [7, 11) is 0.130. The largest absolute Gasteiger partial charge is 0.321 e. The molecule has 0 unspecified atom stereocenters. The van der Waals surface area contributed by atoms with Gasteiger partial charge in [0.2, 0.25) is 10.0 Å². The predicted molar refractivity (Wildman–Crippen MR) is 99.6 cm³/mol. The number of rotatable bonds is 7. The highest BCUT2D eigenvalue weighted by molar-refractivity contribution is 7.89. The first-order valence-corrected chi connectivity index (χ1v) is 9.46. The van der Waals surface area contributed by atoms with Gasteiger partial charge in [-0.2, -0.15) is 0 Å². The molecule has 0 bridgehead atoms. The number of nitrogens with one attached hydrogen (secondary N) is 2. The summed E-state index contributed by atoms with van der Waals surface area (Å²) in [6.45, 7) is 0.904. The number of carbonyl (C=O) groups excluding carboxylic acids is 1. The van der Waals surface area contributed by atoms with Crippen LogP contribution in [0.15, 0.2) is 53.4 Å². The number of para-hydroxylation sites is 1. The fourth-order valence-electron chi connectivity index (χ4n) is 2.03. The smallest absolute Gasteiger partial charge is 0.255 e. The van der Waals surface area contributed by atoms with Crippen molar-refractivity contribution in [3.8, 4) is 0 Å². The summed E-state index contributed by atoms with van der Waals surface area (Å²) in [4.78, 5) is 14.2. The normalized spacial score (nSPS) is 11.5. The molecule has 0 aromatic heterocycles. The third kappa shape index (κ3) is 5.54. The second-order valence-electron chi connectivity index (χ2n) is 5.66. The van der Waals surface area contributed by atoms with E-state index in [-0.39, 0.29) is 10.8 Å². The van der Waals surface area contributed by atoms with Gasteiger partial charge >= 0.3 is 0 Å². The zero-order valence-electron chi connectivity index (χ0n) is 14.0. The highest BCUT2D eigenvalue weighted by Gasteiger charge is 2.15. The maximum atomic E-state index is 12.2. The maximum absolute atomic E-state index is 12.2. The molecule has 0 spiro atoms. The van der Waals surface area contributed by atoms with Crippen molar-refractivity contribution in [1.29, 1.82) is 0 Å². The average molecular weight is 382 g/mol. The summed E-state index contributed by atoms with van der Waals surface area (Å²) in [5, 5.41) is 3.12. The number of sulfonamides is 1. The zero-order valence-corrected chi connectivity index (χ0v) is 15.6. The van der Waals surface area contributed by atoms with E-state index in [0.29, 0.717) is 29.4 Å². The molecule has 0 heterocycles. The Morgan fingerprint density at radius 2 is 1.72 bits per heavy atom. The Balaban J connectivity index is 2.06. The Hall–Kier alpha value is -1.93. The van der Waals surface area contributed by atoms with E-state index >= 15 is 0 Å². The number of likely N-dealkylation sites (N-methyl/N-ethyl adjacent to an activating group) is 1. The predicted octanol–water partition coefficient (Wildman–Crippen LogP) is 2.43. The summed E-state index contributed by atoms with van der Waals surface area (Å²) >= 11 is 6.01. The first kappa shape index (κ1) is 19.4. The summed E-state index contributed by atoms with van der Waals surface area (Å²) in [6, 6.07) is 12.6. The molecule has 0 radical (unpaired) electrons. The summed E-state index contributed by atoms with van der Waals surface area (Å²) in [5.41, 5.74) is 0.836. The van der Waals surface area contributed by atoms with Crippen LogP contribution < -0.4 is 10.0 Å². The van der Waals surface area contributed by atoms with Crippen LogP contribution >= 0.6 is 11.6 Å². The molecule has 0 aliphatic rings. The van der Waals surface area contributed by atoms with Crippen molar-refractivity contribution in [3.05, 3.63) is 59.1 Å². The number of halogens is 1. The molecule has 0 aliphatic carbocycles. The van der Waals surface area contributed by atoms with Crippen LogP contribution in [0.3, 0.4) is 0 Å². The van der Waals surface area contributed by atoms with E-state index in [9.17, 15) is 13.2 Å². The van der Waals surface area contributed by atoms with Crippen LogP contribution in [-0.4, -0.2) is 46.4 Å². The van der Waals surface area contributed by atoms with Crippen LogP contribution in [0.2, 0.25) is 5.02 Å². The van der Waals surface area contributed by atoms with Gasteiger partial charge in [-0.25, -0.2) is 13.1 Å². The van der Waals surface area contributed by atoms with Gasteiger partial charge in [-0.05, 0) is 50.5 Å². The lowest BCUT2D eigenvalue weighted by Crippen LogP contribution is -2.31. The zero-order chi connectivity index (χ0) is 18.4. The minimum atomic E-state index is -3.59. The summed E-state index contributed by atoms with van der Waals surface area (Å²) in [5.74, 6) is -0.363. The Kier molecular flexibility index (Phi) is 6.55. The molecule has 2 N–H and O–H groups in total. The van der Waals surface area contributed by atoms with Crippen LogP contribution in [0, 0.1) is 0 Å². The van der Waals surface area contributed by atoms with Gasteiger partial charge in [-0.3, -0.25) is 4.79 Å². The fourth-order valence-corrected chi connectivity index (χ4v) is 3.23. The van der Waals surface area contributed by atoms with Gasteiger partial charge < -0.3 is 10.2 Å². The Morgan fingerprint density at radius 3 is 2.32 bits per heavy atom. The molecule has 2 aromatic rings. The minimum Gasteiger partial charge on any atom is -0.321 e. The van der Waals surface area contributed by atoms with Crippen LogP contribution in [0.25, 0.3) is 0 Å². The van der Waals surface area contributed by atoms with Crippen molar-refractivity contribution < 1.29 is 13.2 Å². The van der Waals surface area contributed by atoms with Crippen LogP contribution in [0.5, 0.6) is 0 Å². The van der Waals surface area contributed by atoms with Crippen molar-refractivity contribution in [1.82, 2.24) is 9.62 Å². The number of nitrogens with zero attached hydrogens (tertiary/aromatic N) is 1. The number of hydrogen-bond acceptors (Lipinski definition) is 4. The van der Waals surface area contributed by atoms with E-state index in [0.717, 1.165) is 0 Å². The lowest BCUT2D eigenvalue weighted by Gasteiger charge is -2.11. The number of benzene rings is 2. The number of anilines is 1. The van der Waals surface area contributed by atoms with Crippen LogP contribution in [0.1, 0.15) is 10.4 Å². The third-order valence-corrected chi connectivity index (χ3v) is 5.21. The number of amides is 1. The van der Waals surface area contributed by atoms with Crippen LogP contribution in [0.4, 0.5) is 5.69 Å². The van der Waals surface area contributed by atoms with E-state index in [1.807, 2.05) is 19.0 Å². The second kappa shape index (κ2) is 8.44. The molecule has 8 heteroatoms. The van der Waals surface area contributed by atoms with E-state index in [4.69, 9.17) is 11.6 Å². The van der Waals surface area contributed by atoms with Gasteiger partial charge in [0.1, 0.15) is 0 Å². The van der Waals surface area contributed by atoms with Gasteiger partial charge in [0.05, 0.1) is 15.6 Å². The van der Waals surface area contributed by atoms with Crippen molar-refractivity contribution in [2.24, 2.45) is 0 Å². The fraction of sp³-hybridized carbons (Fsp3) is 0.235.